The maximum absolute atomic E-state index is 13.9. The second-order valence-electron chi connectivity index (χ2n) is 9.61. The Kier molecular flexibility index (Phi) is 8.13. The van der Waals surface area contributed by atoms with E-state index in [4.69, 9.17) is 18.6 Å². The van der Waals surface area contributed by atoms with E-state index in [1.54, 1.807) is 23.6 Å². The Morgan fingerprint density at radius 2 is 1.82 bits per heavy atom. The van der Waals surface area contributed by atoms with E-state index < -0.39 is 12.0 Å². The van der Waals surface area contributed by atoms with Crippen molar-refractivity contribution in [1.29, 1.82) is 0 Å². The molecule has 0 spiro atoms. The first-order valence-electron chi connectivity index (χ1n) is 13.4. The number of esters is 1. The lowest BCUT2D eigenvalue weighted by molar-refractivity contribution is -0.136. The fraction of sp³-hybridized carbons (Fsp3) is 0.414. The summed E-state index contributed by atoms with van der Waals surface area (Å²) in [5, 5.41) is 0. The Morgan fingerprint density at radius 1 is 1.10 bits per heavy atom. The molecule has 1 atom stereocenters. The summed E-state index contributed by atoms with van der Waals surface area (Å²) in [6, 6.07) is 8.50. The molecule has 5 rings (SSSR count). The molecular weight excluding hydrogens is 532 g/mol. The Labute approximate surface area is 236 Å². The SMILES string of the molecule is CCOc1ccc(C2C(C(=O)OC)=C(C)N=c3s/c(=C\c4ccc(N5CCN(C)CC5)o4)c(=O)n32)cc1OCC. The third-order valence-corrected chi connectivity index (χ3v) is 7.99. The van der Waals surface area contributed by atoms with E-state index in [-0.39, 0.29) is 5.56 Å². The number of hydrogen-bond acceptors (Lipinski definition) is 10. The van der Waals surface area contributed by atoms with Gasteiger partial charge >= 0.3 is 5.97 Å². The number of ether oxygens (including phenoxy) is 3. The number of thiazole rings is 1. The zero-order valence-corrected chi connectivity index (χ0v) is 24.2. The molecule has 1 aromatic carbocycles. The molecule has 2 aromatic heterocycles. The van der Waals surface area contributed by atoms with E-state index in [1.165, 1.54) is 18.4 Å². The Balaban J connectivity index is 1.60. The van der Waals surface area contributed by atoms with Crippen LogP contribution in [0.3, 0.4) is 0 Å². The number of methoxy groups -OCH3 is 1. The smallest absolute Gasteiger partial charge is 0.338 e. The molecule has 40 heavy (non-hydrogen) atoms. The summed E-state index contributed by atoms with van der Waals surface area (Å²) in [6.45, 7) is 10.1. The molecule has 0 amide bonds. The Hall–Kier alpha value is -3.83. The van der Waals surface area contributed by atoms with Crippen LogP contribution in [0.25, 0.3) is 6.08 Å². The van der Waals surface area contributed by atoms with Crippen LogP contribution in [0.5, 0.6) is 11.5 Å². The van der Waals surface area contributed by atoms with Gasteiger partial charge in [0.1, 0.15) is 5.76 Å². The van der Waals surface area contributed by atoms with Gasteiger partial charge in [-0.2, -0.15) is 0 Å². The van der Waals surface area contributed by atoms with E-state index in [2.05, 4.69) is 21.8 Å². The molecule has 2 aliphatic heterocycles. The fourth-order valence-electron chi connectivity index (χ4n) is 4.99. The molecule has 0 aliphatic carbocycles. The molecule has 0 bridgehead atoms. The van der Waals surface area contributed by atoms with Gasteiger partial charge in [-0.1, -0.05) is 17.4 Å². The topological polar surface area (TPSA) is 98.7 Å². The van der Waals surface area contributed by atoms with Crippen LogP contribution in [0.2, 0.25) is 0 Å². The number of likely N-dealkylation sites (N-methyl/N-ethyl adjacent to an activating group) is 1. The average molecular weight is 567 g/mol. The number of anilines is 1. The molecule has 0 radical (unpaired) electrons. The molecule has 2 aliphatic rings. The van der Waals surface area contributed by atoms with Gasteiger partial charge in [-0.25, -0.2) is 9.79 Å². The minimum Gasteiger partial charge on any atom is -0.490 e. The molecule has 212 valence electrons. The lowest BCUT2D eigenvalue weighted by atomic mass is 9.95. The highest BCUT2D eigenvalue weighted by Gasteiger charge is 2.33. The molecule has 10 nitrogen and oxygen atoms in total. The number of aromatic nitrogens is 1. The number of piperazine rings is 1. The summed E-state index contributed by atoms with van der Waals surface area (Å²) >= 11 is 1.26. The molecule has 0 N–H and O–H groups in total. The van der Waals surface area contributed by atoms with Gasteiger partial charge in [0.15, 0.2) is 22.2 Å². The van der Waals surface area contributed by atoms with Crippen molar-refractivity contribution < 1.29 is 23.4 Å². The quantitative estimate of drug-likeness (QED) is 0.384. The van der Waals surface area contributed by atoms with Crippen LogP contribution in [-0.2, 0) is 9.53 Å². The standard InChI is InChI=1S/C29H34N4O6S/c1-6-37-21-10-8-19(16-22(21)38-7-2)26-25(28(35)36-5)18(3)30-29-33(26)27(34)23(40-29)17-20-9-11-24(39-20)32-14-12-31(4)13-15-32/h8-11,16-17,26H,6-7,12-15H2,1-5H3/b23-17-. The minimum atomic E-state index is -0.752. The highest BCUT2D eigenvalue weighted by Crippen LogP contribution is 2.36. The Morgan fingerprint density at radius 3 is 2.52 bits per heavy atom. The maximum Gasteiger partial charge on any atom is 0.338 e. The van der Waals surface area contributed by atoms with Crippen molar-refractivity contribution in [2.45, 2.75) is 26.8 Å². The van der Waals surface area contributed by atoms with Crippen molar-refractivity contribution in [3.63, 3.8) is 0 Å². The van der Waals surface area contributed by atoms with Crippen molar-refractivity contribution in [3.05, 3.63) is 72.6 Å². The van der Waals surface area contributed by atoms with Gasteiger partial charge in [0.25, 0.3) is 5.56 Å². The second kappa shape index (κ2) is 11.7. The summed E-state index contributed by atoms with van der Waals surface area (Å²) in [5.41, 5.74) is 1.20. The predicted molar refractivity (Wildman–Crippen MR) is 153 cm³/mol. The summed E-state index contributed by atoms with van der Waals surface area (Å²) in [6.07, 6.45) is 1.74. The molecule has 3 aromatic rings. The van der Waals surface area contributed by atoms with Crippen molar-refractivity contribution in [2.75, 3.05) is 58.5 Å². The number of allylic oxidation sites excluding steroid dienone is 1. The lowest BCUT2D eigenvalue weighted by Gasteiger charge is -2.32. The monoisotopic (exact) mass is 566 g/mol. The normalized spacial score (nSPS) is 18.0. The first-order valence-corrected chi connectivity index (χ1v) is 14.2. The summed E-state index contributed by atoms with van der Waals surface area (Å²) in [5.74, 6) is 1.95. The van der Waals surface area contributed by atoms with Gasteiger partial charge < -0.3 is 28.4 Å². The summed E-state index contributed by atoms with van der Waals surface area (Å²) < 4.78 is 24.8. The maximum atomic E-state index is 13.9. The molecule has 1 unspecified atom stereocenters. The van der Waals surface area contributed by atoms with E-state index in [0.717, 1.165) is 32.1 Å². The zero-order chi connectivity index (χ0) is 28.4. The van der Waals surface area contributed by atoms with E-state index in [0.29, 0.717) is 56.6 Å². The number of fused-ring (bicyclic) bond motifs is 1. The van der Waals surface area contributed by atoms with Crippen LogP contribution >= 0.6 is 11.3 Å². The molecule has 1 saturated heterocycles. The highest BCUT2D eigenvalue weighted by molar-refractivity contribution is 7.07. The van der Waals surface area contributed by atoms with Gasteiger partial charge in [0.2, 0.25) is 0 Å². The highest BCUT2D eigenvalue weighted by atomic mass is 32.1. The van der Waals surface area contributed by atoms with Crippen LogP contribution in [0.1, 0.15) is 38.1 Å². The predicted octanol–water partition coefficient (Wildman–Crippen LogP) is 2.55. The largest absolute Gasteiger partial charge is 0.490 e. The number of rotatable bonds is 8. The number of furan rings is 1. The van der Waals surface area contributed by atoms with Gasteiger partial charge in [-0.05, 0) is 51.6 Å². The van der Waals surface area contributed by atoms with Gasteiger partial charge in [-0.3, -0.25) is 9.36 Å². The molecule has 1 fully saturated rings. The van der Waals surface area contributed by atoms with Crippen LogP contribution in [0, 0.1) is 0 Å². The van der Waals surface area contributed by atoms with E-state index >= 15 is 0 Å². The third-order valence-electron chi connectivity index (χ3n) is 7.01. The van der Waals surface area contributed by atoms with Crippen molar-refractivity contribution in [2.24, 2.45) is 4.99 Å². The van der Waals surface area contributed by atoms with Gasteiger partial charge in [0, 0.05) is 38.3 Å². The molecule has 4 heterocycles. The van der Waals surface area contributed by atoms with Crippen molar-refractivity contribution in [3.8, 4) is 11.5 Å². The van der Waals surface area contributed by atoms with Gasteiger partial charge in [0.05, 0.1) is 42.2 Å². The fourth-order valence-corrected chi connectivity index (χ4v) is 6.02. The van der Waals surface area contributed by atoms with Crippen LogP contribution in [0.4, 0.5) is 5.88 Å². The first-order chi connectivity index (χ1) is 19.3. The average Bonchev–Trinajstić information content (AvgIpc) is 3.53. The van der Waals surface area contributed by atoms with Crippen LogP contribution in [-0.4, -0.2) is 69.0 Å². The van der Waals surface area contributed by atoms with Gasteiger partial charge in [-0.15, -0.1) is 0 Å². The van der Waals surface area contributed by atoms with E-state index in [1.807, 2.05) is 38.1 Å². The third kappa shape index (κ3) is 5.31. The van der Waals surface area contributed by atoms with Crippen LogP contribution < -0.4 is 29.3 Å². The molecule has 11 heteroatoms. The summed E-state index contributed by atoms with van der Waals surface area (Å²) in [7, 11) is 3.43. The second-order valence-corrected chi connectivity index (χ2v) is 10.6. The lowest BCUT2D eigenvalue weighted by Crippen LogP contribution is -2.44. The first kappa shape index (κ1) is 27.7. The summed E-state index contributed by atoms with van der Waals surface area (Å²) in [4.78, 5) is 36.5. The minimum absolute atomic E-state index is 0.271. The molecule has 0 saturated carbocycles. The number of benzene rings is 1. The van der Waals surface area contributed by atoms with Crippen molar-refractivity contribution in [1.82, 2.24) is 9.47 Å². The van der Waals surface area contributed by atoms with Crippen molar-refractivity contribution >= 4 is 29.3 Å². The Bertz CT molecular complexity index is 1610. The number of nitrogens with zero attached hydrogens (tertiary/aromatic N) is 4. The zero-order valence-electron chi connectivity index (χ0n) is 23.4. The number of carbonyl (C=O) groups is 1. The molecular formula is C29H34N4O6S. The van der Waals surface area contributed by atoms with E-state index in [9.17, 15) is 9.59 Å². The van der Waals surface area contributed by atoms with Crippen LogP contribution in [0.15, 0.2) is 55.8 Å². The number of hydrogen-bond donors (Lipinski definition) is 0. The number of carbonyl (C=O) groups excluding carboxylic acids is 1.